The highest BCUT2D eigenvalue weighted by Gasteiger charge is 2.05. The number of nitrogens with zero attached hydrogens (tertiary/aromatic N) is 2. The van der Waals surface area contributed by atoms with Crippen LogP contribution in [0.2, 0.25) is 0 Å². The van der Waals surface area contributed by atoms with Gasteiger partial charge in [-0.25, -0.2) is 4.98 Å². The summed E-state index contributed by atoms with van der Waals surface area (Å²) < 4.78 is 2.05. The van der Waals surface area contributed by atoms with Crippen LogP contribution < -0.4 is 5.32 Å². The minimum atomic E-state index is 0.166. The van der Waals surface area contributed by atoms with E-state index in [2.05, 4.69) is 27.7 Å². The number of aromatic nitrogens is 2. The van der Waals surface area contributed by atoms with Gasteiger partial charge >= 0.3 is 0 Å². The van der Waals surface area contributed by atoms with Crippen molar-refractivity contribution in [1.29, 1.82) is 0 Å². The fourth-order valence-electron chi connectivity index (χ4n) is 1.74. The van der Waals surface area contributed by atoms with Crippen LogP contribution in [0.4, 0.5) is 0 Å². The Bertz CT molecular complexity index is 448. The largest absolute Gasteiger partial charge is 0.395 e. The molecule has 86 valence electrons. The van der Waals surface area contributed by atoms with Crippen molar-refractivity contribution in [2.24, 2.45) is 0 Å². The summed E-state index contributed by atoms with van der Waals surface area (Å²) in [7, 11) is 0. The minimum absolute atomic E-state index is 0.166. The first-order valence-corrected chi connectivity index (χ1v) is 5.60. The molecule has 0 bridgehead atoms. The maximum absolute atomic E-state index is 9.10. The molecule has 0 radical (unpaired) electrons. The number of pyridine rings is 1. The Morgan fingerprint density at radius 3 is 3.12 bits per heavy atom. The van der Waals surface area contributed by atoms with E-state index in [0.29, 0.717) is 0 Å². The van der Waals surface area contributed by atoms with Crippen LogP contribution in [-0.2, 0) is 6.54 Å². The first-order valence-electron chi connectivity index (χ1n) is 5.60. The summed E-state index contributed by atoms with van der Waals surface area (Å²) in [6.07, 6.45) is 4.67. The van der Waals surface area contributed by atoms with E-state index in [9.17, 15) is 0 Å². The van der Waals surface area contributed by atoms with E-state index in [1.54, 1.807) is 6.20 Å². The first kappa shape index (κ1) is 11.1. The smallest absolute Gasteiger partial charge is 0.136 e. The molecule has 1 atom stereocenters. The van der Waals surface area contributed by atoms with Crippen LogP contribution in [-0.4, -0.2) is 27.1 Å². The lowest BCUT2D eigenvalue weighted by atomic mass is 10.2. The average molecular weight is 219 g/mol. The maximum Gasteiger partial charge on any atom is 0.136 e. The molecule has 0 aliphatic rings. The molecular weight excluding hydrogens is 202 g/mol. The van der Waals surface area contributed by atoms with Crippen LogP contribution in [0.15, 0.2) is 30.6 Å². The third-order valence-corrected chi connectivity index (χ3v) is 2.80. The van der Waals surface area contributed by atoms with Crippen molar-refractivity contribution in [2.45, 2.75) is 25.9 Å². The number of fused-ring (bicyclic) bond motifs is 1. The Kier molecular flexibility index (Phi) is 3.54. The highest BCUT2D eigenvalue weighted by Crippen LogP contribution is 2.06. The minimum Gasteiger partial charge on any atom is -0.395 e. The molecule has 16 heavy (non-hydrogen) atoms. The predicted molar refractivity (Wildman–Crippen MR) is 63.2 cm³/mol. The van der Waals surface area contributed by atoms with Crippen LogP contribution in [0.3, 0.4) is 0 Å². The van der Waals surface area contributed by atoms with E-state index in [-0.39, 0.29) is 12.6 Å². The van der Waals surface area contributed by atoms with Crippen LogP contribution in [0.25, 0.3) is 5.65 Å². The number of rotatable bonds is 5. The molecule has 0 unspecified atom stereocenters. The summed E-state index contributed by atoms with van der Waals surface area (Å²) >= 11 is 0. The van der Waals surface area contributed by atoms with E-state index in [1.807, 2.05) is 18.3 Å². The molecule has 2 heterocycles. The van der Waals surface area contributed by atoms with E-state index in [4.69, 9.17) is 5.11 Å². The zero-order valence-corrected chi connectivity index (χ0v) is 9.43. The second-order valence-electron chi connectivity index (χ2n) is 3.84. The second kappa shape index (κ2) is 5.09. The van der Waals surface area contributed by atoms with Crippen LogP contribution in [0, 0.1) is 0 Å². The van der Waals surface area contributed by atoms with Gasteiger partial charge in [-0.1, -0.05) is 13.0 Å². The van der Waals surface area contributed by atoms with Crippen molar-refractivity contribution in [1.82, 2.24) is 14.7 Å². The van der Waals surface area contributed by atoms with Gasteiger partial charge in [0, 0.05) is 30.7 Å². The van der Waals surface area contributed by atoms with Gasteiger partial charge in [-0.2, -0.15) is 0 Å². The zero-order valence-electron chi connectivity index (χ0n) is 9.43. The number of imidazole rings is 1. The Labute approximate surface area is 94.9 Å². The van der Waals surface area contributed by atoms with Gasteiger partial charge in [-0.15, -0.1) is 0 Å². The first-order chi connectivity index (χ1) is 7.85. The second-order valence-corrected chi connectivity index (χ2v) is 3.84. The number of hydrogen-bond donors (Lipinski definition) is 2. The third kappa shape index (κ3) is 2.23. The molecule has 0 aromatic carbocycles. The average Bonchev–Trinajstić information content (AvgIpc) is 2.79. The van der Waals surface area contributed by atoms with Crippen molar-refractivity contribution in [2.75, 3.05) is 6.61 Å². The molecule has 2 aromatic rings. The summed E-state index contributed by atoms with van der Waals surface area (Å²) in [5, 5.41) is 12.4. The lowest BCUT2D eigenvalue weighted by Gasteiger charge is -2.14. The fourth-order valence-corrected chi connectivity index (χ4v) is 1.74. The number of aliphatic hydroxyl groups is 1. The molecule has 2 rings (SSSR count). The molecule has 0 amide bonds. The van der Waals surface area contributed by atoms with Gasteiger partial charge in [0.1, 0.15) is 5.65 Å². The van der Waals surface area contributed by atoms with E-state index >= 15 is 0 Å². The van der Waals surface area contributed by atoms with Crippen LogP contribution in [0.1, 0.15) is 19.0 Å². The topological polar surface area (TPSA) is 49.6 Å². The van der Waals surface area contributed by atoms with Gasteiger partial charge in [0.15, 0.2) is 0 Å². The molecule has 4 nitrogen and oxygen atoms in total. The van der Waals surface area contributed by atoms with Crippen molar-refractivity contribution in [3.05, 3.63) is 36.3 Å². The highest BCUT2D eigenvalue weighted by molar-refractivity contribution is 5.39. The zero-order chi connectivity index (χ0) is 11.4. The number of hydrogen-bond acceptors (Lipinski definition) is 3. The number of aliphatic hydroxyl groups excluding tert-OH is 1. The van der Waals surface area contributed by atoms with Crippen LogP contribution in [0.5, 0.6) is 0 Å². The molecule has 0 aliphatic carbocycles. The molecule has 4 heteroatoms. The summed E-state index contributed by atoms with van der Waals surface area (Å²) in [6.45, 7) is 2.98. The SMILES string of the molecule is CC[C@H](CO)NCc1cccc2nccn12. The van der Waals surface area contributed by atoms with Crippen molar-refractivity contribution >= 4 is 5.65 Å². The summed E-state index contributed by atoms with van der Waals surface area (Å²) in [5.41, 5.74) is 2.11. The Balaban J connectivity index is 2.11. The van der Waals surface area contributed by atoms with E-state index in [0.717, 1.165) is 24.3 Å². The molecule has 2 N–H and O–H groups in total. The number of nitrogens with one attached hydrogen (secondary N) is 1. The Morgan fingerprint density at radius 2 is 2.38 bits per heavy atom. The van der Waals surface area contributed by atoms with Crippen molar-refractivity contribution in [3.8, 4) is 0 Å². The molecule has 0 spiro atoms. The van der Waals surface area contributed by atoms with Gasteiger partial charge < -0.3 is 14.8 Å². The molecule has 0 saturated carbocycles. The van der Waals surface area contributed by atoms with Crippen LogP contribution >= 0.6 is 0 Å². The maximum atomic E-state index is 9.10. The molecule has 0 fully saturated rings. The normalized spacial score (nSPS) is 13.1. The quantitative estimate of drug-likeness (QED) is 0.794. The summed E-state index contributed by atoms with van der Waals surface area (Å²) in [6, 6.07) is 6.21. The van der Waals surface area contributed by atoms with Gasteiger partial charge in [-0.3, -0.25) is 0 Å². The van der Waals surface area contributed by atoms with E-state index in [1.165, 1.54) is 0 Å². The highest BCUT2D eigenvalue weighted by atomic mass is 16.3. The third-order valence-electron chi connectivity index (χ3n) is 2.80. The lowest BCUT2D eigenvalue weighted by Crippen LogP contribution is -2.31. The monoisotopic (exact) mass is 219 g/mol. The van der Waals surface area contributed by atoms with E-state index < -0.39 is 0 Å². The Hall–Kier alpha value is -1.39. The van der Waals surface area contributed by atoms with Crippen molar-refractivity contribution in [3.63, 3.8) is 0 Å². The fraction of sp³-hybridized carbons (Fsp3) is 0.417. The van der Waals surface area contributed by atoms with Gasteiger partial charge in [0.25, 0.3) is 0 Å². The molecular formula is C12H17N3O. The molecule has 2 aromatic heterocycles. The van der Waals surface area contributed by atoms with Gasteiger partial charge in [0.05, 0.1) is 6.61 Å². The predicted octanol–water partition coefficient (Wildman–Crippen LogP) is 1.19. The molecule has 0 saturated heterocycles. The standard InChI is InChI=1S/C12H17N3O/c1-2-10(9-16)14-8-11-4-3-5-12-13-6-7-15(11)12/h3-7,10,14,16H,2,8-9H2,1H3/t10-/m1/s1. The van der Waals surface area contributed by atoms with Gasteiger partial charge in [-0.05, 0) is 18.6 Å². The molecule has 0 aliphatic heterocycles. The lowest BCUT2D eigenvalue weighted by molar-refractivity contribution is 0.238. The van der Waals surface area contributed by atoms with Gasteiger partial charge in [0.2, 0.25) is 0 Å². The summed E-state index contributed by atoms with van der Waals surface area (Å²) in [4.78, 5) is 4.23. The summed E-state index contributed by atoms with van der Waals surface area (Å²) in [5.74, 6) is 0. The van der Waals surface area contributed by atoms with Crippen molar-refractivity contribution < 1.29 is 5.11 Å². The Morgan fingerprint density at radius 1 is 1.50 bits per heavy atom.